The van der Waals surface area contributed by atoms with Gasteiger partial charge in [-0.1, -0.05) is 0 Å². The Morgan fingerprint density at radius 1 is 1.36 bits per heavy atom. The number of benzene rings is 1. The van der Waals surface area contributed by atoms with Crippen molar-refractivity contribution in [3.63, 3.8) is 0 Å². The first-order chi connectivity index (χ1) is 6.72. The number of nitrogen functional groups attached to an aromatic ring is 1. The first kappa shape index (κ1) is 10.9. The van der Waals surface area contributed by atoms with Crippen LogP contribution in [-0.4, -0.2) is 19.3 Å². The van der Waals surface area contributed by atoms with E-state index < -0.39 is 0 Å². The first-order valence-electron chi connectivity index (χ1n) is 4.93. The van der Waals surface area contributed by atoms with Crippen molar-refractivity contribution in [3.05, 3.63) is 24.3 Å². The fraction of sp³-hybridized carbons (Fsp3) is 0.455. The average Bonchev–Trinajstić information content (AvgIpc) is 2.17. The summed E-state index contributed by atoms with van der Waals surface area (Å²) in [6.07, 6.45) is 0.234. The number of nitrogens with one attached hydrogen (secondary N) is 1. The molecule has 0 heterocycles. The van der Waals surface area contributed by atoms with Crippen LogP contribution in [0.5, 0.6) is 0 Å². The normalized spacial score (nSPS) is 12.4. The van der Waals surface area contributed by atoms with Gasteiger partial charge in [-0.2, -0.15) is 0 Å². The van der Waals surface area contributed by atoms with Crippen LogP contribution in [0, 0.1) is 0 Å². The summed E-state index contributed by atoms with van der Waals surface area (Å²) in [7, 11) is 0. The van der Waals surface area contributed by atoms with Crippen LogP contribution >= 0.6 is 0 Å². The Morgan fingerprint density at radius 3 is 2.57 bits per heavy atom. The van der Waals surface area contributed by atoms with Crippen molar-refractivity contribution in [2.24, 2.45) is 0 Å². The van der Waals surface area contributed by atoms with Gasteiger partial charge in [0.1, 0.15) is 0 Å². The highest BCUT2D eigenvalue weighted by atomic mass is 16.5. The Hall–Kier alpha value is -1.22. The van der Waals surface area contributed by atoms with E-state index in [0.29, 0.717) is 0 Å². The van der Waals surface area contributed by atoms with Crippen molar-refractivity contribution in [2.45, 2.75) is 20.0 Å². The third-order valence-corrected chi connectivity index (χ3v) is 1.96. The van der Waals surface area contributed by atoms with Gasteiger partial charge in [0, 0.05) is 24.5 Å². The lowest BCUT2D eigenvalue weighted by Gasteiger charge is -2.13. The molecule has 0 spiro atoms. The molecule has 1 rings (SSSR count). The Morgan fingerprint density at radius 2 is 2.00 bits per heavy atom. The van der Waals surface area contributed by atoms with Crippen molar-refractivity contribution in [2.75, 3.05) is 24.2 Å². The molecule has 0 fully saturated rings. The van der Waals surface area contributed by atoms with Crippen LogP contribution in [0.4, 0.5) is 11.4 Å². The van der Waals surface area contributed by atoms with Crippen LogP contribution < -0.4 is 11.1 Å². The molecule has 0 saturated carbocycles. The van der Waals surface area contributed by atoms with Crippen LogP contribution in [-0.2, 0) is 4.74 Å². The van der Waals surface area contributed by atoms with E-state index in [9.17, 15) is 0 Å². The molecular weight excluding hydrogens is 176 g/mol. The van der Waals surface area contributed by atoms with Gasteiger partial charge in [0.15, 0.2) is 0 Å². The molecule has 0 bridgehead atoms. The quantitative estimate of drug-likeness (QED) is 0.706. The SMILES string of the molecule is CCOC(C)CNc1ccc(N)cc1. The van der Waals surface area contributed by atoms with Gasteiger partial charge in [-0.25, -0.2) is 0 Å². The molecule has 1 aromatic carbocycles. The van der Waals surface area contributed by atoms with Crippen LogP contribution in [0.2, 0.25) is 0 Å². The fourth-order valence-electron chi connectivity index (χ4n) is 1.21. The topological polar surface area (TPSA) is 47.3 Å². The Balaban J connectivity index is 2.34. The highest BCUT2D eigenvalue weighted by Gasteiger charge is 1.99. The molecule has 14 heavy (non-hydrogen) atoms. The van der Waals surface area contributed by atoms with E-state index in [-0.39, 0.29) is 6.10 Å². The zero-order chi connectivity index (χ0) is 10.4. The maximum absolute atomic E-state index is 5.58. The third-order valence-electron chi connectivity index (χ3n) is 1.96. The van der Waals surface area contributed by atoms with E-state index in [0.717, 1.165) is 24.5 Å². The summed E-state index contributed by atoms with van der Waals surface area (Å²) in [6, 6.07) is 7.70. The molecule has 0 saturated heterocycles. The second-order valence-electron chi connectivity index (χ2n) is 3.27. The van der Waals surface area contributed by atoms with Gasteiger partial charge < -0.3 is 15.8 Å². The number of rotatable bonds is 5. The van der Waals surface area contributed by atoms with Crippen molar-refractivity contribution < 1.29 is 4.74 Å². The van der Waals surface area contributed by atoms with Crippen LogP contribution in [0.15, 0.2) is 24.3 Å². The van der Waals surface area contributed by atoms with Crippen molar-refractivity contribution in [1.82, 2.24) is 0 Å². The summed E-state index contributed by atoms with van der Waals surface area (Å²) >= 11 is 0. The molecule has 0 aliphatic carbocycles. The van der Waals surface area contributed by atoms with E-state index in [4.69, 9.17) is 10.5 Å². The zero-order valence-electron chi connectivity index (χ0n) is 8.79. The van der Waals surface area contributed by atoms with Crippen LogP contribution in [0.3, 0.4) is 0 Å². The molecule has 3 nitrogen and oxygen atoms in total. The van der Waals surface area contributed by atoms with Gasteiger partial charge in [0.05, 0.1) is 6.10 Å². The fourth-order valence-corrected chi connectivity index (χ4v) is 1.21. The van der Waals surface area contributed by atoms with Gasteiger partial charge in [0.25, 0.3) is 0 Å². The van der Waals surface area contributed by atoms with Gasteiger partial charge >= 0.3 is 0 Å². The molecule has 0 aromatic heterocycles. The van der Waals surface area contributed by atoms with E-state index >= 15 is 0 Å². The average molecular weight is 194 g/mol. The monoisotopic (exact) mass is 194 g/mol. The van der Waals surface area contributed by atoms with Crippen molar-refractivity contribution in [3.8, 4) is 0 Å². The number of hydrogen-bond donors (Lipinski definition) is 2. The molecule has 3 heteroatoms. The number of nitrogens with two attached hydrogens (primary N) is 1. The summed E-state index contributed by atoms with van der Waals surface area (Å²) < 4.78 is 5.40. The van der Waals surface area contributed by atoms with Gasteiger partial charge in [-0.15, -0.1) is 0 Å². The Bertz CT molecular complexity index is 258. The van der Waals surface area contributed by atoms with Gasteiger partial charge in [-0.05, 0) is 38.1 Å². The molecule has 0 aliphatic rings. The molecule has 78 valence electrons. The summed E-state index contributed by atoms with van der Waals surface area (Å²) in [4.78, 5) is 0. The summed E-state index contributed by atoms with van der Waals surface area (Å²) in [5, 5.41) is 3.28. The summed E-state index contributed by atoms with van der Waals surface area (Å²) in [5.41, 5.74) is 7.44. The van der Waals surface area contributed by atoms with Crippen molar-refractivity contribution >= 4 is 11.4 Å². The molecular formula is C11H18N2O. The predicted octanol–water partition coefficient (Wildman–Crippen LogP) is 2.11. The second kappa shape index (κ2) is 5.50. The van der Waals surface area contributed by atoms with Gasteiger partial charge in [0.2, 0.25) is 0 Å². The Labute approximate surface area is 85.3 Å². The molecule has 1 unspecified atom stereocenters. The van der Waals surface area contributed by atoms with Gasteiger partial charge in [-0.3, -0.25) is 0 Å². The summed E-state index contributed by atoms with van der Waals surface area (Å²) in [5.74, 6) is 0. The molecule has 3 N–H and O–H groups in total. The maximum atomic E-state index is 5.58. The van der Waals surface area contributed by atoms with Crippen LogP contribution in [0.25, 0.3) is 0 Å². The largest absolute Gasteiger partial charge is 0.399 e. The Kier molecular flexibility index (Phi) is 4.26. The smallest absolute Gasteiger partial charge is 0.0719 e. The highest BCUT2D eigenvalue weighted by Crippen LogP contribution is 2.10. The first-order valence-corrected chi connectivity index (χ1v) is 4.93. The van der Waals surface area contributed by atoms with E-state index in [2.05, 4.69) is 5.32 Å². The number of hydrogen-bond acceptors (Lipinski definition) is 3. The minimum absolute atomic E-state index is 0.234. The zero-order valence-corrected chi connectivity index (χ0v) is 8.79. The molecule has 0 amide bonds. The third kappa shape index (κ3) is 3.66. The van der Waals surface area contributed by atoms with E-state index in [1.54, 1.807) is 0 Å². The number of anilines is 2. The molecule has 1 atom stereocenters. The lowest BCUT2D eigenvalue weighted by Crippen LogP contribution is -2.19. The van der Waals surface area contributed by atoms with E-state index in [1.807, 2.05) is 38.1 Å². The van der Waals surface area contributed by atoms with E-state index in [1.165, 1.54) is 0 Å². The minimum Gasteiger partial charge on any atom is -0.399 e. The highest BCUT2D eigenvalue weighted by molar-refractivity contribution is 5.51. The maximum Gasteiger partial charge on any atom is 0.0719 e. The second-order valence-corrected chi connectivity index (χ2v) is 3.27. The molecule has 0 aliphatic heterocycles. The van der Waals surface area contributed by atoms with Crippen molar-refractivity contribution in [1.29, 1.82) is 0 Å². The predicted molar refractivity (Wildman–Crippen MR) is 60.4 cm³/mol. The summed E-state index contributed by atoms with van der Waals surface area (Å²) in [6.45, 7) is 5.62. The lowest BCUT2D eigenvalue weighted by atomic mass is 10.3. The number of ether oxygens (including phenoxy) is 1. The van der Waals surface area contributed by atoms with Crippen LogP contribution in [0.1, 0.15) is 13.8 Å². The standard InChI is InChI=1S/C11H18N2O/c1-3-14-9(2)8-13-11-6-4-10(12)5-7-11/h4-7,9,13H,3,8,12H2,1-2H3. The molecule has 0 radical (unpaired) electrons. The lowest BCUT2D eigenvalue weighted by molar-refractivity contribution is 0.0855. The minimum atomic E-state index is 0.234. The molecule has 1 aromatic rings.